The highest BCUT2D eigenvalue weighted by Crippen LogP contribution is 2.39. The summed E-state index contributed by atoms with van der Waals surface area (Å²) in [5.74, 6) is 0.626. The molecule has 1 rings (SSSR count). The van der Waals surface area contributed by atoms with Crippen molar-refractivity contribution in [2.24, 2.45) is 0 Å². The average Bonchev–Trinajstić information content (AvgIpc) is 2.24. The maximum Gasteiger partial charge on any atom is 0.174 e. The van der Waals surface area contributed by atoms with Crippen molar-refractivity contribution < 1.29 is 13.9 Å². The lowest BCUT2D eigenvalue weighted by Crippen LogP contribution is -2.12. The molecule has 1 aromatic carbocycles. The van der Waals surface area contributed by atoms with E-state index in [9.17, 15) is 4.39 Å². The molecule has 3 nitrogen and oxygen atoms in total. The maximum atomic E-state index is 14.0. The molecule has 0 spiro atoms. The molecule has 0 atom stereocenters. The van der Waals surface area contributed by atoms with Gasteiger partial charge in [0.05, 0.1) is 12.1 Å². The van der Waals surface area contributed by atoms with Gasteiger partial charge in [0.1, 0.15) is 23.2 Å². The number of alkyl halides is 1. The average molecular weight is 258 g/mol. The second kappa shape index (κ2) is 5.24. The Hall–Kier alpha value is -1.47. The van der Waals surface area contributed by atoms with Gasteiger partial charge in [-0.05, 0) is 19.9 Å². The van der Waals surface area contributed by atoms with Crippen LogP contribution < -0.4 is 9.47 Å². The Labute approximate surface area is 105 Å². The molecule has 0 heterocycles. The summed E-state index contributed by atoms with van der Waals surface area (Å²) in [6.45, 7) is 2.63. The van der Waals surface area contributed by atoms with Gasteiger partial charge in [0, 0.05) is 11.6 Å². The Balaban J connectivity index is 3.27. The zero-order valence-corrected chi connectivity index (χ0v) is 10.6. The molecular formula is C12H13ClFNO2. The number of rotatable bonds is 4. The van der Waals surface area contributed by atoms with E-state index in [4.69, 9.17) is 26.3 Å². The summed E-state index contributed by atoms with van der Waals surface area (Å²) < 4.78 is 24.2. The van der Waals surface area contributed by atoms with Crippen molar-refractivity contribution >= 4 is 11.6 Å². The summed E-state index contributed by atoms with van der Waals surface area (Å²) in [6, 6.07) is 4.76. The number of hydrogen-bond acceptors (Lipinski definition) is 3. The highest BCUT2D eigenvalue weighted by molar-refractivity contribution is 6.32. The summed E-state index contributed by atoms with van der Waals surface area (Å²) >= 11 is 5.92. The van der Waals surface area contributed by atoms with Crippen molar-refractivity contribution in [2.45, 2.75) is 19.5 Å². The molecule has 5 heteroatoms. The van der Waals surface area contributed by atoms with E-state index in [1.165, 1.54) is 33.1 Å². The van der Waals surface area contributed by atoms with Crippen LogP contribution in [0.2, 0.25) is 5.02 Å². The molecule has 0 amide bonds. The quantitative estimate of drug-likeness (QED) is 0.830. The van der Waals surface area contributed by atoms with Gasteiger partial charge in [-0.15, -0.1) is 0 Å². The predicted octanol–water partition coefficient (Wildman–Crippen LogP) is 3.46. The molecule has 0 fully saturated rings. The summed E-state index contributed by atoms with van der Waals surface area (Å²) in [6.07, 6.45) is 0. The van der Waals surface area contributed by atoms with Crippen molar-refractivity contribution in [3.63, 3.8) is 0 Å². The standard InChI is InChI=1S/C12H13ClFNO2/c1-12(2,14)8-6-11(16-3)9(13)7-10(8)17-5-4-15/h6-7H,5H2,1-3H3. The number of nitrogens with zero attached hydrogens (tertiary/aromatic N) is 1. The zero-order chi connectivity index (χ0) is 13.1. The number of methoxy groups -OCH3 is 1. The zero-order valence-electron chi connectivity index (χ0n) is 9.88. The van der Waals surface area contributed by atoms with Crippen molar-refractivity contribution in [3.8, 4) is 17.6 Å². The number of hydrogen-bond donors (Lipinski definition) is 0. The third-order valence-corrected chi connectivity index (χ3v) is 2.48. The Morgan fingerprint density at radius 1 is 1.41 bits per heavy atom. The van der Waals surface area contributed by atoms with Crippen LogP contribution >= 0.6 is 11.6 Å². The lowest BCUT2D eigenvalue weighted by molar-refractivity contribution is 0.210. The van der Waals surface area contributed by atoms with E-state index in [-0.39, 0.29) is 12.4 Å². The first-order valence-corrected chi connectivity index (χ1v) is 5.34. The van der Waals surface area contributed by atoms with Crippen molar-refractivity contribution in [1.82, 2.24) is 0 Å². The van der Waals surface area contributed by atoms with Gasteiger partial charge in [-0.25, -0.2) is 4.39 Å². The highest BCUT2D eigenvalue weighted by atomic mass is 35.5. The molecule has 0 unspecified atom stereocenters. The Kier molecular flexibility index (Phi) is 4.19. The predicted molar refractivity (Wildman–Crippen MR) is 63.2 cm³/mol. The summed E-state index contributed by atoms with van der Waals surface area (Å²) in [7, 11) is 1.45. The molecule has 1 aromatic rings. The molecule has 0 aromatic heterocycles. The van der Waals surface area contributed by atoms with Crippen LogP contribution in [0.5, 0.6) is 11.5 Å². The van der Waals surface area contributed by atoms with E-state index < -0.39 is 5.67 Å². The van der Waals surface area contributed by atoms with Crippen LogP contribution in [0.4, 0.5) is 4.39 Å². The molecule has 0 aliphatic heterocycles. The van der Waals surface area contributed by atoms with Crippen LogP contribution in [-0.2, 0) is 5.67 Å². The number of halogens is 2. The summed E-state index contributed by atoms with van der Waals surface area (Å²) in [4.78, 5) is 0. The fourth-order valence-electron chi connectivity index (χ4n) is 1.39. The minimum atomic E-state index is -1.61. The molecule has 0 aliphatic rings. The van der Waals surface area contributed by atoms with Gasteiger partial charge in [0.15, 0.2) is 6.61 Å². The summed E-state index contributed by atoms with van der Waals surface area (Å²) in [5, 5.41) is 8.78. The molecule has 92 valence electrons. The topological polar surface area (TPSA) is 42.2 Å². The molecular weight excluding hydrogens is 245 g/mol. The van der Waals surface area contributed by atoms with E-state index in [0.29, 0.717) is 16.3 Å². The van der Waals surface area contributed by atoms with E-state index in [0.717, 1.165) is 0 Å². The van der Waals surface area contributed by atoms with Crippen LogP contribution in [0.3, 0.4) is 0 Å². The van der Waals surface area contributed by atoms with Crippen molar-refractivity contribution in [2.75, 3.05) is 13.7 Å². The third kappa shape index (κ3) is 3.24. The minimum Gasteiger partial charge on any atom is -0.495 e. The van der Waals surface area contributed by atoms with E-state index in [2.05, 4.69) is 0 Å². The monoisotopic (exact) mass is 257 g/mol. The van der Waals surface area contributed by atoms with Gasteiger partial charge in [0.25, 0.3) is 0 Å². The molecule has 0 bridgehead atoms. The highest BCUT2D eigenvalue weighted by Gasteiger charge is 2.25. The van der Waals surface area contributed by atoms with Gasteiger partial charge in [-0.2, -0.15) is 5.26 Å². The van der Waals surface area contributed by atoms with Gasteiger partial charge < -0.3 is 9.47 Å². The van der Waals surface area contributed by atoms with E-state index in [1.807, 2.05) is 6.07 Å². The first kappa shape index (κ1) is 13.6. The number of benzene rings is 1. The van der Waals surface area contributed by atoms with Crippen molar-refractivity contribution in [1.29, 1.82) is 5.26 Å². The fourth-order valence-corrected chi connectivity index (χ4v) is 1.62. The normalized spacial score (nSPS) is 10.8. The van der Waals surface area contributed by atoms with Crippen LogP contribution in [0.15, 0.2) is 12.1 Å². The third-order valence-electron chi connectivity index (χ3n) is 2.19. The Morgan fingerprint density at radius 2 is 2.06 bits per heavy atom. The minimum absolute atomic E-state index is 0.161. The molecule has 17 heavy (non-hydrogen) atoms. The summed E-state index contributed by atoms with van der Waals surface area (Å²) in [5.41, 5.74) is -1.31. The fraction of sp³-hybridized carbons (Fsp3) is 0.417. The van der Waals surface area contributed by atoms with E-state index in [1.54, 1.807) is 0 Å². The largest absolute Gasteiger partial charge is 0.495 e. The van der Waals surface area contributed by atoms with Gasteiger partial charge >= 0.3 is 0 Å². The number of ether oxygens (including phenoxy) is 2. The lowest BCUT2D eigenvalue weighted by Gasteiger charge is -2.20. The first-order valence-electron chi connectivity index (χ1n) is 4.96. The Morgan fingerprint density at radius 3 is 2.53 bits per heavy atom. The SMILES string of the molecule is COc1cc(C(C)(C)F)c(OCC#N)cc1Cl. The first-order chi connectivity index (χ1) is 7.90. The lowest BCUT2D eigenvalue weighted by atomic mass is 9.99. The molecule has 0 saturated heterocycles. The van der Waals surface area contributed by atoms with E-state index >= 15 is 0 Å². The van der Waals surface area contributed by atoms with Crippen molar-refractivity contribution in [3.05, 3.63) is 22.7 Å². The molecule has 0 aliphatic carbocycles. The molecule has 0 radical (unpaired) electrons. The Bertz CT molecular complexity index is 449. The van der Waals surface area contributed by atoms with Gasteiger partial charge in [-0.3, -0.25) is 0 Å². The van der Waals surface area contributed by atoms with Crippen LogP contribution in [-0.4, -0.2) is 13.7 Å². The van der Waals surface area contributed by atoms with Crippen LogP contribution in [0, 0.1) is 11.3 Å². The van der Waals surface area contributed by atoms with Gasteiger partial charge in [-0.1, -0.05) is 11.6 Å². The smallest absolute Gasteiger partial charge is 0.174 e. The van der Waals surface area contributed by atoms with Crippen LogP contribution in [0.1, 0.15) is 19.4 Å². The number of nitriles is 1. The van der Waals surface area contributed by atoms with Crippen LogP contribution in [0.25, 0.3) is 0 Å². The molecule has 0 N–H and O–H groups in total. The van der Waals surface area contributed by atoms with Gasteiger partial charge in [0.2, 0.25) is 0 Å². The maximum absolute atomic E-state index is 14.0. The second-order valence-electron chi connectivity index (χ2n) is 3.90. The molecule has 0 saturated carbocycles. The second-order valence-corrected chi connectivity index (χ2v) is 4.31.